The van der Waals surface area contributed by atoms with E-state index in [1.54, 1.807) is 36.4 Å². The highest BCUT2D eigenvalue weighted by Crippen LogP contribution is 2.39. The second-order valence-corrected chi connectivity index (χ2v) is 6.79. The molecule has 27 heavy (non-hydrogen) atoms. The molecule has 0 fully saturated rings. The summed E-state index contributed by atoms with van der Waals surface area (Å²) in [5.41, 5.74) is 0.164. The summed E-state index contributed by atoms with van der Waals surface area (Å²) in [4.78, 5) is 27.1. The third-order valence-electron chi connectivity index (χ3n) is 4.98. The van der Waals surface area contributed by atoms with Gasteiger partial charge in [-0.05, 0) is 43.5 Å². The normalized spacial score (nSPS) is 19.9. The molecular weight excluding hydrogens is 342 g/mol. The average molecular weight is 367 g/mol. The molecule has 1 aliphatic heterocycles. The largest absolute Gasteiger partial charge is 0.359 e. The summed E-state index contributed by atoms with van der Waals surface area (Å²) < 4.78 is 0. The minimum absolute atomic E-state index is 0.136. The molecule has 2 atom stereocenters. The number of anilines is 2. The van der Waals surface area contributed by atoms with E-state index < -0.39 is 17.7 Å². The first-order valence-electron chi connectivity index (χ1n) is 9.24. The van der Waals surface area contributed by atoms with E-state index in [-0.39, 0.29) is 6.04 Å². The molecule has 3 N–H and O–H groups in total. The lowest BCUT2D eigenvalue weighted by Crippen LogP contribution is -2.63. The Morgan fingerprint density at radius 3 is 2.48 bits per heavy atom. The van der Waals surface area contributed by atoms with Crippen LogP contribution >= 0.6 is 0 Å². The molecule has 0 bridgehead atoms. The molecule has 6 heteroatoms. The predicted octanol–water partition coefficient (Wildman–Crippen LogP) is 3.36. The van der Waals surface area contributed by atoms with Gasteiger partial charge in [0.15, 0.2) is 0 Å². The first-order valence-corrected chi connectivity index (χ1v) is 9.24. The van der Waals surface area contributed by atoms with Crippen LogP contribution < -0.4 is 15.5 Å². The van der Waals surface area contributed by atoms with E-state index in [0.29, 0.717) is 23.4 Å². The maximum Gasteiger partial charge on any atom is 0.329 e. The van der Waals surface area contributed by atoms with Crippen molar-refractivity contribution >= 4 is 23.3 Å². The second kappa shape index (κ2) is 7.40. The van der Waals surface area contributed by atoms with Gasteiger partial charge in [0.25, 0.3) is 11.6 Å². The van der Waals surface area contributed by atoms with Gasteiger partial charge in [0.2, 0.25) is 0 Å². The van der Waals surface area contributed by atoms with Crippen molar-refractivity contribution in [2.24, 2.45) is 0 Å². The fraction of sp³-hybridized carbons (Fsp3) is 0.333. The summed E-state index contributed by atoms with van der Waals surface area (Å²) >= 11 is 0. The zero-order chi connectivity index (χ0) is 19.6. The van der Waals surface area contributed by atoms with E-state index >= 15 is 0 Å². The Morgan fingerprint density at radius 1 is 1.19 bits per heavy atom. The van der Waals surface area contributed by atoms with Crippen molar-refractivity contribution in [3.05, 3.63) is 59.7 Å². The number of amides is 3. The number of fused-ring (bicyclic) bond motifs is 1. The third-order valence-corrected chi connectivity index (χ3v) is 4.98. The topological polar surface area (TPSA) is 81.7 Å². The summed E-state index contributed by atoms with van der Waals surface area (Å²) in [5, 5.41) is 17.2. The Labute approximate surface area is 159 Å². The number of hydrogen-bond donors (Lipinski definition) is 3. The van der Waals surface area contributed by atoms with Gasteiger partial charge in [-0.3, -0.25) is 9.69 Å². The number of carbonyl (C=O) groups excluding carboxylic acids is 2. The van der Waals surface area contributed by atoms with Gasteiger partial charge < -0.3 is 15.7 Å². The molecule has 0 saturated heterocycles. The van der Waals surface area contributed by atoms with Crippen molar-refractivity contribution < 1.29 is 14.7 Å². The van der Waals surface area contributed by atoms with Gasteiger partial charge in [0.1, 0.15) is 0 Å². The Bertz CT molecular complexity index is 850. The molecule has 2 unspecified atom stereocenters. The highest BCUT2D eigenvalue weighted by Gasteiger charge is 2.52. The van der Waals surface area contributed by atoms with Crippen molar-refractivity contribution in [2.45, 2.75) is 45.4 Å². The molecule has 1 aliphatic rings. The number of carbonyl (C=O) groups is 2. The number of hydrogen-bond acceptors (Lipinski definition) is 3. The summed E-state index contributed by atoms with van der Waals surface area (Å²) in [7, 11) is 0. The Balaban J connectivity index is 2.14. The van der Waals surface area contributed by atoms with E-state index in [2.05, 4.69) is 10.6 Å². The fourth-order valence-corrected chi connectivity index (χ4v) is 3.17. The van der Waals surface area contributed by atoms with E-state index in [1.165, 1.54) is 0 Å². The van der Waals surface area contributed by atoms with Gasteiger partial charge in [0, 0.05) is 17.3 Å². The van der Waals surface area contributed by atoms with Crippen LogP contribution in [0.25, 0.3) is 0 Å². The zero-order valence-corrected chi connectivity index (χ0v) is 15.8. The average Bonchev–Trinajstić information content (AvgIpc) is 2.68. The van der Waals surface area contributed by atoms with Crippen LogP contribution in [0, 0.1) is 0 Å². The maximum absolute atomic E-state index is 13.1. The van der Waals surface area contributed by atoms with E-state index in [9.17, 15) is 14.7 Å². The number of aryl methyl sites for hydroxylation is 1. The fourth-order valence-electron chi connectivity index (χ4n) is 3.17. The number of urea groups is 1. The molecule has 2 aromatic rings. The molecule has 6 nitrogen and oxygen atoms in total. The van der Waals surface area contributed by atoms with Crippen molar-refractivity contribution in [3.63, 3.8) is 0 Å². The molecule has 0 radical (unpaired) electrons. The molecule has 0 spiro atoms. The first-order chi connectivity index (χ1) is 12.9. The molecule has 1 heterocycles. The van der Waals surface area contributed by atoms with Gasteiger partial charge in [0.05, 0.1) is 5.69 Å². The van der Waals surface area contributed by atoms with Crippen molar-refractivity contribution in [2.75, 3.05) is 10.2 Å². The monoisotopic (exact) mass is 367 g/mol. The summed E-state index contributed by atoms with van der Waals surface area (Å²) in [6.07, 6.45) is 1.56. The quantitative estimate of drug-likeness (QED) is 0.758. The lowest BCUT2D eigenvalue weighted by molar-refractivity contribution is -0.140. The van der Waals surface area contributed by atoms with Crippen LogP contribution in [0.4, 0.5) is 16.2 Å². The van der Waals surface area contributed by atoms with Crippen LogP contribution in [0.5, 0.6) is 0 Å². The number of aliphatic hydroxyl groups is 1. The van der Waals surface area contributed by atoms with Crippen molar-refractivity contribution in [3.8, 4) is 0 Å². The summed E-state index contributed by atoms with van der Waals surface area (Å²) in [6, 6.07) is 13.4. The maximum atomic E-state index is 13.1. The van der Waals surface area contributed by atoms with Crippen LogP contribution in [0.3, 0.4) is 0 Å². The SMILES string of the molecule is CCc1ccc(N2C(=O)Nc3ccccc3C2(O)C(=O)NC(C)CC)cc1. The Morgan fingerprint density at radius 2 is 1.85 bits per heavy atom. The first kappa shape index (κ1) is 18.9. The highest BCUT2D eigenvalue weighted by atomic mass is 16.3. The van der Waals surface area contributed by atoms with Gasteiger partial charge in [-0.15, -0.1) is 0 Å². The standard InChI is InChI=1S/C21H25N3O3/c1-4-14(3)22-19(25)21(27)17-8-6-7-9-18(17)23-20(26)24(21)16-12-10-15(5-2)11-13-16/h6-14,27H,4-5H2,1-3H3,(H,22,25)(H,23,26). The van der Waals surface area contributed by atoms with Crippen LogP contribution in [0.1, 0.15) is 38.3 Å². The predicted molar refractivity (Wildman–Crippen MR) is 106 cm³/mol. The van der Waals surface area contributed by atoms with E-state index in [0.717, 1.165) is 16.9 Å². The number of nitrogens with one attached hydrogen (secondary N) is 2. The molecule has 0 aromatic heterocycles. The van der Waals surface area contributed by atoms with Gasteiger partial charge in [-0.2, -0.15) is 0 Å². The minimum Gasteiger partial charge on any atom is -0.359 e. The lowest BCUT2D eigenvalue weighted by Gasteiger charge is -2.43. The zero-order valence-electron chi connectivity index (χ0n) is 15.8. The highest BCUT2D eigenvalue weighted by molar-refractivity contribution is 6.11. The van der Waals surface area contributed by atoms with Crippen LogP contribution in [-0.2, 0) is 16.9 Å². The minimum atomic E-state index is -2.14. The number of rotatable bonds is 5. The smallest absolute Gasteiger partial charge is 0.329 e. The van der Waals surface area contributed by atoms with E-state index in [4.69, 9.17) is 0 Å². The Kier molecular flexibility index (Phi) is 5.19. The van der Waals surface area contributed by atoms with Crippen LogP contribution in [0.15, 0.2) is 48.5 Å². The molecule has 0 saturated carbocycles. The third kappa shape index (κ3) is 3.28. The summed E-state index contributed by atoms with van der Waals surface area (Å²) in [5.74, 6) is -0.626. The summed E-state index contributed by atoms with van der Waals surface area (Å²) in [6.45, 7) is 5.84. The van der Waals surface area contributed by atoms with Crippen molar-refractivity contribution in [1.82, 2.24) is 5.32 Å². The molecule has 3 amide bonds. The molecule has 2 aromatic carbocycles. The van der Waals surface area contributed by atoms with Crippen LogP contribution in [0.2, 0.25) is 0 Å². The number of benzene rings is 2. The molecule has 3 rings (SSSR count). The van der Waals surface area contributed by atoms with Crippen LogP contribution in [-0.4, -0.2) is 23.1 Å². The second-order valence-electron chi connectivity index (χ2n) is 6.79. The van der Waals surface area contributed by atoms with Gasteiger partial charge >= 0.3 is 6.03 Å². The van der Waals surface area contributed by atoms with Crippen molar-refractivity contribution in [1.29, 1.82) is 0 Å². The number of para-hydroxylation sites is 1. The molecule has 0 aliphatic carbocycles. The lowest BCUT2D eigenvalue weighted by atomic mass is 9.94. The Hall–Kier alpha value is -2.86. The van der Waals surface area contributed by atoms with E-state index in [1.807, 2.05) is 32.9 Å². The number of nitrogens with zero attached hydrogens (tertiary/aromatic N) is 1. The molecule has 142 valence electrons. The van der Waals surface area contributed by atoms with Gasteiger partial charge in [-0.25, -0.2) is 4.79 Å². The molecular formula is C21H25N3O3. The van der Waals surface area contributed by atoms with Gasteiger partial charge in [-0.1, -0.05) is 44.2 Å².